The molecule has 0 saturated carbocycles. The van der Waals surface area contributed by atoms with E-state index in [1.165, 1.54) is 0 Å². The Bertz CT molecular complexity index is 542. The molecular formula is C12H13N3O4. The number of hydrogen-bond acceptors (Lipinski definition) is 5. The molecule has 1 aromatic rings. The van der Waals surface area contributed by atoms with Crippen LogP contribution in [0.1, 0.15) is 17.5 Å². The Balaban J connectivity index is 1.87. The normalized spacial score (nSPS) is 17.5. The third kappa shape index (κ3) is 3.06. The molecule has 0 radical (unpaired) electrons. The number of aliphatic carboxylic acids is 1. The fraction of sp³-hybridized carbons (Fsp3) is 0.333. The van der Waals surface area contributed by atoms with E-state index in [2.05, 4.69) is 15.5 Å². The first-order valence-electron chi connectivity index (χ1n) is 5.71. The summed E-state index contributed by atoms with van der Waals surface area (Å²) >= 11 is 0. The second kappa shape index (κ2) is 5.47. The average molecular weight is 263 g/mol. The number of carbonyl (C=O) groups excluding carboxylic acids is 1. The van der Waals surface area contributed by atoms with Crippen LogP contribution in [0.4, 0.5) is 0 Å². The standard InChI is InChI=1S/C12H13N3O4/c1-7-2-3-13-5-8(7)6-14-11(16)10-4-9(12(17)18)15-19-10/h2-3,5,10H,4,6H2,1H3,(H,14,16)(H,17,18). The van der Waals surface area contributed by atoms with Crippen LogP contribution in [-0.2, 0) is 21.0 Å². The van der Waals surface area contributed by atoms with Gasteiger partial charge in [0.1, 0.15) is 0 Å². The summed E-state index contributed by atoms with van der Waals surface area (Å²) in [6.07, 6.45) is 2.45. The lowest BCUT2D eigenvalue weighted by Crippen LogP contribution is -2.35. The Hall–Kier alpha value is -2.44. The van der Waals surface area contributed by atoms with E-state index in [0.717, 1.165) is 11.1 Å². The maximum Gasteiger partial charge on any atom is 0.353 e. The molecule has 0 fully saturated rings. The van der Waals surface area contributed by atoms with Crippen LogP contribution in [0, 0.1) is 6.92 Å². The van der Waals surface area contributed by atoms with Crippen molar-refractivity contribution in [2.24, 2.45) is 5.16 Å². The van der Waals surface area contributed by atoms with Gasteiger partial charge in [-0.05, 0) is 24.1 Å². The summed E-state index contributed by atoms with van der Waals surface area (Å²) in [5.74, 6) is -1.55. The Kier molecular flexibility index (Phi) is 3.74. The van der Waals surface area contributed by atoms with Crippen LogP contribution in [0.5, 0.6) is 0 Å². The number of pyridine rings is 1. The predicted octanol–water partition coefficient (Wildman–Crippen LogP) is 0.236. The highest BCUT2D eigenvalue weighted by molar-refractivity contribution is 6.36. The van der Waals surface area contributed by atoms with E-state index >= 15 is 0 Å². The van der Waals surface area contributed by atoms with E-state index in [0.29, 0.717) is 6.54 Å². The molecule has 1 aromatic heterocycles. The number of aryl methyl sites for hydroxylation is 1. The van der Waals surface area contributed by atoms with Crippen LogP contribution in [0.25, 0.3) is 0 Å². The van der Waals surface area contributed by atoms with E-state index in [9.17, 15) is 9.59 Å². The summed E-state index contributed by atoms with van der Waals surface area (Å²) < 4.78 is 0. The first-order valence-corrected chi connectivity index (χ1v) is 5.71. The quantitative estimate of drug-likeness (QED) is 0.810. The second-order valence-corrected chi connectivity index (χ2v) is 4.16. The van der Waals surface area contributed by atoms with Crippen LogP contribution in [0.15, 0.2) is 23.6 Å². The Morgan fingerprint density at radius 1 is 1.58 bits per heavy atom. The minimum Gasteiger partial charge on any atom is -0.477 e. The highest BCUT2D eigenvalue weighted by atomic mass is 16.6. The van der Waals surface area contributed by atoms with Crippen LogP contribution in [-0.4, -0.2) is 33.8 Å². The van der Waals surface area contributed by atoms with Crippen molar-refractivity contribution >= 4 is 17.6 Å². The van der Waals surface area contributed by atoms with E-state index < -0.39 is 12.1 Å². The van der Waals surface area contributed by atoms with Gasteiger partial charge in [-0.2, -0.15) is 0 Å². The maximum atomic E-state index is 11.8. The van der Waals surface area contributed by atoms with E-state index in [-0.39, 0.29) is 18.0 Å². The predicted molar refractivity (Wildman–Crippen MR) is 65.4 cm³/mol. The molecule has 1 amide bonds. The summed E-state index contributed by atoms with van der Waals surface area (Å²) in [4.78, 5) is 31.2. The average Bonchev–Trinajstić information content (AvgIpc) is 2.87. The molecule has 7 nitrogen and oxygen atoms in total. The van der Waals surface area contributed by atoms with Crippen molar-refractivity contribution in [2.45, 2.75) is 26.0 Å². The van der Waals surface area contributed by atoms with Crippen molar-refractivity contribution in [2.75, 3.05) is 0 Å². The fourth-order valence-corrected chi connectivity index (χ4v) is 1.62. The molecule has 2 N–H and O–H groups in total. The zero-order chi connectivity index (χ0) is 13.8. The molecule has 0 spiro atoms. The topological polar surface area (TPSA) is 101 Å². The Morgan fingerprint density at radius 3 is 3.00 bits per heavy atom. The van der Waals surface area contributed by atoms with Gasteiger partial charge in [-0.1, -0.05) is 5.16 Å². The van der Waals surface area contributed by atoms with Gasteiger partial charge < -0.3 is 15.3 Å². The van der Waals surface area contributed by atoms with E-state index in [4.69, 9.17) is 9.94 Å². The zero-order valence-corrected chi connectivity index (χ0v) is 10.3. The van der Waals surface area contributed by atoms with Crippen molar-refractivity contribution in [3.8, 4) is 0 Å². The van der Waals surface area contributed by atoms with Gasteiger partial charge in [0, 0.05) is 25.4 Å². The van der Waals surface area contributed by atoms with Crippen molar-refractivity contribution in [1.29, 1.82) is 0 Å². The fourth-order valence-electron chi connectivity index (χ4n) is 1.62. The first-order chi connectivity index (χ1) is 9.08. The van der Waals surface area contributed by atoms with Gasteiger partial charge >= 0.3 is 5.97 Å². The van der Waals surface area contributed by atoms with Crippen LogP contribution < -0.4 is 5.32 Å². The lowest BCUT2D eigenvalue weighted by Gasteiger charge is -2.10. The number of carbonyl (C=O) groups is 2. The van der Waals surface area contributed by atoms with Gasteiger partial charge in [-0.3, -0.25) is 9.78 Å². The number of carboxylic acid groups (broad SMARTS) is 1. The van der Waals surface area contributed by atoms with E-state index in [1.807, 2.05) is 13.0 Å². The van der Waals surface area contributed by atoms with Crippen LogP contribution >= 0.6 is 0 Å². The molecule has 1 aliphatic rings. The minimum atomic E-state index is -1.17. The summed E-state index contributed by atoms with van der Waals surface area (Å²) in [6.45, 7) is 2.24. The summed E-state index contributed by atoms with van der Waals surface area (Å²) in [5, 5.41) is 14.7. The van der Waals surface area contributed by atoms with Gasteiger partial charge in [-0.25, -0.2) is 4.79 Å². The Morgan fingerprint density at radius 2 is 2.37 bits per heavy atom. The Labute approximate surface area is 109 Å². The number of hydrogen-bond donors (Lipinski definition) is 2. The van der Waals surface area contributed by atoms with Crippen molar-refractivity contribution < 1.29 is 19.5 Å². The summed E-state index contributed by atoms with van der Waals surface area (Å²) in [6, 6.07) is 1.85. The molecule has 7 heteroatoms. The number of aromatic nitrogens is 1. The number of carboxylic acids is 1. The first kappa shape index (κ1) is 13.0. The van der Waals surface area contributed by atoms with Gasteiger partial charge in [0.2, 0.25) is 6.10 Å². The molecule has 0 bridgehead atoms. The minimum absolute atomic E-state index is 0.0206. The van der Waals surface area contributed by atoms with E-state index in [1.54, 1.807) is 12.4 Å². The number of nitrogens with one attached hydrogen (secondary N) is 1. The van der Waals surface area contributed by atoms with Crippen molar-refractivity contribution in [3.63, 3.8) is 0 Å². The molecule has 1 atom stereocenters. The maximum absolute atomic E-state index is 11.8. The third-order valence-corrected chi connectivity index (χ3v) is 2.81. The van der Waals surface area contributed by atoms with Crippen LogP contribution in [0.3, 0.4) is 0 Å². The lowest BCUT2D eigenvalue weighted by molar-refractivity contribution is -0.131. The third-order valence-electron chi connectivity index (χ3n) is 2.81. The molecule has 2 heterocycles. The van der Waals surface area contributed by atoms with Crippen molar-refractivity contribution in [1.82, 2.24) is 10.3 Å². The van der Waals surface area contributed by atoms with Gasteiger partial charge in [-0.15, -0.1) is 0 Å². The molecular weight excluding hydrogens is 250 g/mol. The summed E-state index contributed by atoms with van der Waals surface area (Å²) in [5.41, 5.74) is 1.77. The number of rotatable bonds is 4. The molecule has 0 aromatic carbocycles. The molecule has 2 rings (SSSR count). The summed E-state index contributed by atoms with van der Waals surface area (Å²) in [7, 11) is 0. The van der Waals surface area contributed by atoms with Gasteiger partial charge in [0.25, 0.3) is 5.91 Å². The van der Waals surface area contributed by atoms with Gasteiger partial charge in [0.15, 0.2) is 5.71 Å². The number of oxime groups is 1. The second-order valence-electron chi connectivity index (χ2n) is 4.16. The highest BCUT2D eigenvalue weighted by Crippen LogP contribution is 2.11. The lowest BCUT2D eigenvalue weighted by atomic mass is 10.1. The zero-order valence-electron chi connectivity index (χ0n) is 10.3. The molecule has 19 heavy (non-hydrogen) atoms. The highest BCUT2D eigenvalue weighted by Gasteiger charge is 2.31. The molecule has 0 aliphatic carbocycles. The molecule has 0 saturated heterocycles. The molecule has 1 aliphatic heterocycles. The number of nitrogens with zero attached hydrogens (tertiary/aromatic N) is 2. The molecule has 100 valence electrons. The largest absolute Gasteiger partial charge is 0.477 e. The van der Waals surface area contributed by atoms with Gasteiger partial charge in [0.05, 0.1) is 0 Å². The molecule has 1 unspecified atom stereocenters. The smallest absolute Gasteiger partial charge is 0.353 e. The van der Waals surface area contributed by atoms with Crippen LogP contribution in [0.2, 0.25) is 0 Å². The monoisotopic (exact) mass is 263 g/mol. The number of amides is 1. The SMILES string of the molecule is Cc1ccncc1CNC(=O)C1CC(C(=O)O)=NO1. The van der Waals surface area contributed by atoms with Crippen molar-refractivity contribution in [3.05, 3.63) is 29.6 Å².